The van der Waals surface area contributed by atoms with Crippen molar-refractivity contribution in [2.45, 2.75) is 6.61 Å². The molecule has 1 aliphatic heterocycles. The van der Waals surface area contributed by atoms with Crippen LogP contribution >= 0.6 is 0 Å². The fourth-order valence-corrected chi connectivity index (χ4v) is 3.21. The van der Waals surface area contributed by atoms with Crippen LogP contribution in [0.2, 0.25) is 0 Å². The van der Waals surface area contributed by atoms with Crippen LogP contribution in [-0.2, 0) is 35.3 Å². The van der Waals surface area contributed by atoms with E-state index in [0.717, 1.165) is 21.5 Å². The molecule has 1 heterocycles. The summed E-state index contributed by atoms with van der Waals surface area (Å²) in [6, 6.07) is 16.9. The van der Waals surface area contributed by atoms with E-state index in [0.29, 0.717) is 5.56 Å². The largest absolute Gasteiger partial charge is 0.480 e. The predicted molar refractivity (Wildman–Crippen MR) is 92.4 cm³/mol. The third-order valence-corrected chi connectivity index (χ3v) is 4.66. The lowest BCUT2D eigenvalue weighted by molar-refractivity contribution is -0.208. The van der Waals surface area contributed by atoms with Gasteiger partial charge in [-0.05, 0) is 27.6 Å². The molecular formula is C20H12O7. The highest BCUT2D eigenvalue weighted by atomic mass is 16.6. The van der Waals surface area contributed by atoms with Crippen LogP contribution in [-0.4, -0.2) is 29.0 Å². The lowest BCUT2D eigenvalue weighted by Crippen LogP contribution is -2.63. The van der Waals surface area contributed by atoms with Gasteiger partial charge in [0.25, 0.3) is 0 Å². The van der Waals surface area contributed by atoms with E-state index in [4.69, 9.17) is 4.74 Å². The van der Waals surface area contributed by atoms with Crippen molar-refractivity contribution in [3.05, 3.63) is 60.2 Å². The van der Waals surface area contributed by atoms with Gasteiger partial charge in [-0.25, -0.2) is 19.2 Å². The quantitative estimate of drug-likeness (QED) is 0.429. The summed E-state index contributed by atoms with van der Waals surface area (Å²) in [5, 5.41) is 12.7. The Labute approximate surface area is 152 Å². The van der Waals surface area contributed by atoms with Gasteiger partial charge >= 0.3 is 29.3 Å². The van der Waals surface area contributed by atoms with Crippen molar-refractivity contribution in [2.24, 2.45) is 5.41 Å². The molecule has 0 atom stereocenters. The minimum atomic E-state index is -2.93. The van der Waals surface area contributed by atoms with Crippen LogP contribution in [0, 0.1) is 5.41 Å². The third kappa shape index (κ3) is 2.28. The Hall–Kier alpha value is -3.74. The number of ether oxygens (including phenoxy) is 2. The molecule has 7 heteroatoms. The molecule has 3 aromatic carbocycles. The van der Waals surface area contributed by atoms with Gasteiger partial charge in [0.05, 0.1) is 0 Å². The summed E-state index contributed by atoms with van der Waals surface area (Å²) >= 11 is 0. The number of fused-ring (bicyclic) bond motifs is 2. The van der Waals surface area contributed by atoms with E-state index in [2.05, 4.69) is 4.74 Å². The highest BCUT2D eigenvalue weighted by Gasteiger charge is 2.72. The summed E-state index contributed by atoms with van der Waals surface area (Å²) in [6.07, 6.45) is 0. The number of esters is 3. The maximum Gasteiger partial charge on any atom is 0.356 e. The number of carboxylic acid groups (broad SMARTS) is 1. The molecule has 4 rings (SSSR count). The molecule has 0 unspecified atom stereocenters. The Kier molecular flexibility index (Phi) is 3.66. The predicted octanol–water partition coefficient (Wildman–Crippen LogP) is 2.19. The van der Waals surface area contributed by atoms with Gasteiger partial charge in [-0.15, -0.1) is 0 Å². The summed E-state index contributed by atoms with van der Waals surface area (Å²) in [7, 11) is 0. The molecule has 0 aromatic heterocycles. The molecule has 1 saturated heterocycles. The van der Waals surface area contributed by atoms with Crippen molar-refractivity contribution in [3.63, 3.8) is 0 Å². The zero-order valence-electron chi connectivity index (χ0n) is 13.8. The van der Waals surface area contributed by atoms with E-state index in [1.54, 1.807) is 0 Å². The van der Waals surface area contributed by atoms with E-state index in [1.165, 1.54) is 0 Å². The van der Waals surface area contributed by atoms with Crippen LogP contribution in [0.3, 0.4) is 0 Å². The molecule has 0 radical (unpaired) electrons. The Bertz CT molecular complexity index is 1060. The molecule has 0 spiro atoms. The number of hydrogen-bond donors (Lipinski definition) is 1. The highest BCUT2D eigenvalue weighted by molar-refractivity contribution is 6.39. The Morgan fingerprint density at radius 2 is 1.44 bits per heavy atom. The molecule has 0 bridgehead atoms. The first-order valence-electron chi connectivity index (χ1n) is 8.03. The average molecular weight is 364 g/mol. The molecule has 0 saturated carbocycles. The molecule has 1 fully saturated rings. The van der Waals surface area contributed by atoms with Crippen molar-refractivity contribution in [1.82, 2.24) is 0 Å². The molecule has 0 amide bonds. The summed E-state index contributed by atoms with van der Waals surface area (Å²) in [5.41, 5.74) is -2.28. The number of carbonyl (C=O) groups excluding carboxylic acids is 3. The van der Waals surface area contributed by atoms with Crippen molar-refractivity contribution < 1.29 is 33.8 Å². The zero-order chi connectivity index (χ0) is 19.2. The monoisotopic (exact) mass is 364 g/mol. The summed E-state index contributed by atoms with van der Waals surface area (Å²) < 4.78 is 9.18. The minimum Gasteiger partial charge on any atom is -0.480 e. The van der Waals surface area contributed by atoms with Crippen LogP contribution in [0.1, 0.15) is 5.56 Å². The number of aliphatic carboxylic acids is 1. The second-order valence-corrected chi connectivity index (χ2v) is 6.11. The van der Waals surface area contributed by atoms with Gasteiger partial charge < -0.3 is 14.6 Å². The summed E-state index contributed by atoms with van der Waals surface area (Å²) in [5.74, 6) is -6.23. The van der Waals surface area contributed by atoms with Gasteiger partial charge in [-0.2, -0.15) is 0 Å². The van der Waals surface area contributed by atoms with E-state index < -0.39 is 29.3 Å². The molecule has 1 aliphatic rings. The van der Waals surface area contributed by atoms with Gasteiger partial charge in [0.2, 0.25) is 0 Å². The molecule has 3 aromatic rings. The number of carbonyl (C=O) groups is 4. The Morgan fingerprint density at radius 1 is 0.926 bits per heavy atom. The summed E-state index contributed by atoms with van der Waals surface area (Å²) in [4.78, 5) is 46.8. The first-order valence-corrected chi connectivity index (χ1v) is 8.03. The second kappa shape index (κ2) is 5.91. The standard InChI is InChI=1S/C20H12O7/c21-16(22)20(18(24)27-19(20)25)17(23)26-10-15-13-7-3-1-5-11(13)9-12-6-2-4-8-14(12)15/h1-9H,10H2,(H,21,22). The number of benzene rings is 3. The topological polar surface area (TPSA) is 107 Å². The van der Waals surface area contributed by atoms with Crippen LogP contribution in [0.4, 0.5) is 0 Å². The SMILES string of the molecule is O=C(O)C1(C(=O)OCc2c3ccccc3cc3ccccc23)C(=O)OC1=O. The van der Waals surface area contributed by atoms with Crippen molar-refractivity contribution in [3.8, 4) is 0 Å². The second-order valence-electron chi connectivity index (χ2n) is 6.11. The van der Waals surface area contributed by atoms with Crippen molar-refractivity contribution >= 4 is 45.4 Å². The zero-order valence-corrected chi connectivity index (χ0v) is 13.8. The lowest BCUT2D eigenvalue weighted by atomic mass is 9.84. The van der Waals surface area contributed by atoms with Crippen LogP contribution < -0.4 is 0 Å². The Morgan fingerprint density at radius 3 is 1.93 bits per heavy atom. The number of rotatable bonds is 4. The number of carboxylic acids is 1. The summed E-state index contributed by atoms with van der Waals surface area (Å²) in [6.45, 7) is -0.295. The maximum absolute atomic E-state index is 12.3. The van der Waals surface area contributed by atoms with Crippen LogP contribution in [0.25, 0.3) is 21.5 Å². The van der Waals surface area contributed by atoms with Gasteiger partial charge in [0, 0.05) is 5.56 Å². The van der Waals surface area contributed by atoms with Crippen molar-refractivity contribution in [2.75, 3.05) is 0 Å². The smallest absolute Gasteiger partial charge is 0.356 e. The lowest BCUT2D eigenvalue weighted by Gasteiger charge is -2.29. The van der Waals surface area contributed by atoms with Gasteiger partial charge in [-0.1, -0.05) is 48.5 Å². The highest BCUT2D eigenvalue weighted by Crippen LogP contribution is 2.34. The van der Waals surface area contributed by atoms with E-state index >= 15 is 0 Å². The van der Waals surface area contributed by atoms with E-state index in [9.17, 15) is 24.3 Å². The molecule has 1 N–H and O–H groups in total. The molecule has 134 valence electrons. The molecule has 0 aliphatic carbocycles. The van der Waals surface area contributed by atoms with E-state index in [1.807, 2.05) is 54.6 Å². The first-order chi connectivity index (χ1) is 13.0. The molecule has 27 heavy (non-hydrogen) atoms. The average Bonchev–Trinajstić information content (AvgIpc) is 2.64. The van der Waals surface area contributed by atoms with Crippen LogP contribution in [0.5, 0.6) is 0 Å². The van der Waals surface area contributed by atoms with Crippen molar-refractivity contribution in [1.29, 1.82) is 0 Å². The fourth-order valence-electron chi connectivity index (χ4n) is 3.21. The van der Waals surface area contributed by atoms with Gasteiger partial charge in [-0.3, -0.25) is 0 Å². The Balaban J connectivity index is 1.75. The number of hydrogen-bond acceptors (Lipinski definition) is 6. The minimum absolute atomic E-state index is 0.295. The molecule has 7 nitrogen and oxygen atoms in total. The first kappa shape index (κ1) is 16.7. The fraction of sp³-hybridized carbons (Fsp3) is 0.100. The van der Waals surface area contributed by atoms with Gasteiger partial charge in [0.1, 0.15) is 6.61 Å². The molecular weight excluding hydrogens is 352 g/mol. The van der Waals surface area contributed by atoms with E-state index in [-0.39, 0.29) is 6.61 Å². The third-order valence-electron chi connectivity index (χ3n) is 4.66. The maximum atomic E-state index is 12.3. The van der Waals surface area contributed by atoms with Gasteiger partial charge in [0.15, 0.2) is 0 Å². The normalized spacial score (nSPS) is 15.3. The van der Waals surface area contributed by atoms with Crippen LogP contribution in [0.15, 0.2) is 54.6 Å². The number of cyclic esters (lactones) is 2.